The Kier molecular flexibility index (Phi) is 6.43. The molecule has 2 atom stereocenters. The molecule has 0 bridgehead atoms. The molecule has 2 aliphatic rings. The van der Waals surface area contributed by atoms with E-state index in [0.29, 0.717) is 11.7 Å². The fourth-order valence-corrected chi connectivity index (χ4v) is 5.83. The Morgan fingerprint density at radius 1 is 1.14 bits per heavy atom. The van der Waals surface area contributed by atoms with Crippen molar-refractivity contribution in [1.82, 2.24) is 15.2 Å². The van der Waals surface area contributed by atoms with E-state index in [4.69, 9.17) is 28.6 Å². The molecule has 0 spiro atoms. The summed E-state index contributed by atoms with van der Waals surface area (Å²) in [5, 5.41) is 4.95. The van der Waals surface area contributed by atoms with E-state index >= 15 is 0 Å². The molecule has 0 amide bonds. The monoisotopic (exact) mass is 518 g/mol. The molecule has 7 heteroatoms. The van der Waals surface area contributed by atoms with Crippen molar-refractivity contribution in [3.05, 3.63) is 94.3 Å². The number of hydrogen-bond donors (Lipinski definition) is 1. The molecule has 5 rings (SSSR count). The number of pyridine rings is 1. The molecule has 2 aromatic carbocycles. The topological polar surface area (TPSA) is 40.6 Å². The van der Waals surface area contributed by atoms with Crippen molar-refractivity contribution in [3.63, 3.8) is 0 Å². The van der Waals surface area contributed by atoms with Crippen LogP contribution in [0.3, 0.4) is 0 Å². The highest BCUT2D eigenvalue weighted by Crippen LogP contribution is 2.47. The van der Waals surface area contributed by atoms with E-state index in [1.165, 1.54) is 11.1 Å². The minimum Gasteiger partial charge on any atom is -0.497 e. The highest BCUT2D eigenvalue weighted by atomic mass is 35.5. The molecule has 0 aliphatic carbocycles. The molecule has 5 nitrogen and oxygen atoms in total. The highest BCUT2D eigenvalue weighted by Gasteiger charge is 2.41. The number of likely N-dealkylation sites (N-methyl/N-ethyl adjacent to an activating group) is 1. The summed E-state index contributed by atoms with van der Waals surface area (Å²) in [6, 6.07) is 18.2. The second-order valence-corrected chi connectivity index (χ2v) is 10.8. The Morgan fingerprint density at radius 2 is 1.89 bits per heavy atom. The number of anilines is 1. The number of halogens is 1. The van der Waals surface area contributed by atoms with Gasteiger partial charge in [0.15, 0.2) is 5.11 Å². The molecule has 36 heavy (non-hydrogen) atoms. The smallest absolute Gasteiger partial charge is 0.170 e. The van der Waals surface area contributed by atoms with E-state index in [-0.39, 0.29) is 17.6 Å². The van der Waals surface area contributed by atoms with Crippen molar-refractivity contribution in [2.24, 2.45) is 0 Å². The summed E-state index contributed by atoms with van der Waals surface area (Å²) in [6.45, 7) is 7.25. The van der Waals surface area contributed by atoms with E-state index in [0.717, 1.165) is 33.3 Å². The van der Waals surface area contributed by atoms with Gasteiger partial charge >= 0.3 is 0 Å². The van der Waals surface area contributed by atoms with Gasteiger partial charge < -0.3 is 19.9 Å². The summed E-state index contributed by atoms with van der Waals surface area (Å²) in [5.74, 6) is 0.829. The van der Waals surface area contributed by atoms with Crippen LogP contribution >= 0.6 is 23.8 Å². The van der Waals surface area contributed by atoms with Gasteiger partial charge in [-0.15, -0.1) is 0 Å². The molecular weight excluding hydrogens is 488 g/mol. The number of nitrogens with zero attached hydrogens (tertiary/aromatic N) is 3. The second kappa shape index (κ2) is 9.41. The van der Waals surface area contributed by atoms with Gasteiger partial charge in [-0.25, -0.2) is 0 Å². The first-order valence-electron chi connectivity index (χ1n) is 12.1. The lowest BCUT2D eigenvalue weighted by Gasteiger charge is -2.41. The normalized spacial score (nSPS) is 20.6. The van der Waals surface area contributed by atoms with Crippen LogP contribution in [-0.2, 0) is 6.54 Å². The second-order valence-electron chi connectivity index (χ2n) is 10.0. The number of thiocarbonyl (C=S) groups is 1. The number of rotatable bonds is 5. The van der Waals surface area contributed by atoms with Gasteiger partial charge in [0.2, 0.25) is 0 Å². The van der Waals surface area contributed by atoms with E-state index in [9.17, 15) is 0 Å². The van der Waals surface area contributed by atoms with Crippen molar-refractivity contribution in [1.29, 1.82) is 0 Å². The Bertz CT molecular complexity index is 1320. The van der Waals surface area contributed by atoms with Gasteiger partial charge in [0.1, 0.15) is 5.75 Å². The Hall–Kier alpha value is -3.09. The predicted molar refractivity (Wildman–Crippen MR) is 152 cm³/mol. The molecule has 1 fully saturated rings. The van der Waals surface area contributed by atoms with Gasteiger partial charge in [0.25, 0.3) is 0 Å². The quantitative estimate of drug-likeness (QED) is 0.386. The van der Waals surface area contributed by atoms with Gasteiger partial charge in [0, 0.05) is 36.1 Å². The van der Waals surface area contributed by atoms with Gasteiger partial charge in [-0.05, 0) is 86.1 Å². The number of hydrogen-bond acceptors (Lipinski definition) is 4. The lowest BCUT2D eigenvalue weighted by atomic mass is 9.86. The lowest BCUT2D eigenvalue weighted by molar-refractivity contribution is 0.311. The lowest BCUT2D eigenvalue weighted by Crippen LogP contribution is -2.42. The SMILES string of the molecule is COc1ccc(CN2C(=S)NC(c3ccccn3)C2c2cc3c(cc2Cl)N(C)C(C)(C)C=C3C)cc1. The highest BCUT2D eigenvalue weighted by molar-refractivity contribution is 7.80. The molecule has 186 valence electrons. The van der Waals surface area contributed by atoms with Crippen molar-refractivity contribution in [2.75, 3.05) is 19.1 Å². The summed E-state index contributed by atoms with van der Waals surface area (Å²) in [4.78, 5) is 9.18. The number of allylic oxidation sites excluding steroid dienone is 1. The third-order valence-electron chi connectivity index (χ3n) is 7.36. The van der Waals surface area contributed by atoms with Crippen molar-refractivity contribution < 1.29 is 4.74 Å². The summed E-state index contributed by atoms with van der Waals surface area (Å²) in [6.07, 6.45) is 4.14. The fraction of sp³-hybridized carbons (Fsp3) is 0.310. The number of benzene rings is 2. The maximum absolute atomic E-state index is 7.07. The zero-order valence-corrected chi connectivity index (χ0v) is 22.8. The van der Waals surface area contributed by atoms with Crippen molar-refractivity contribution in [3.8, 4) is 5.75 Å². The Morgan fingerprint density at radius 3 is 2.56 bits per heavy atom. The van der Waals surface area contributed by atoms with Crippen LogP contribution in [0, 0.1) is 0 Å². The first kappa shape index (κ1) is 24.6. The standard InChI is InChI=1S/C29H31ClN4OS/c1-18-16-29(2,3)33(4)25-15-23(30)22(14-21(18)25)27-26(24-8-6-7-13-31-24)32-28(36)34(27)17-19-9-11-20(35-5)12-10-19/h6-16,26-27H,17H2,1-5H3,(H,32,36). The molecule has 2 unspecified atom stereocenters. The number of ether oxygens (including phenoxy) is 1. The van der Waals surface area contributed by atoms with E-state index < -0.39 is 0 Å². The molecule has 3 aromatic rings. The molecule has 1 N–H and O–H groups in total. The van der Waals surface area contributed by atoms with Crippen LogP contribution in [0.4, 0.5) is 5.69 Å². The Labute approximate surface area is 223 Å². The van der Waals surface area contributed by atoms with E-state index in [1.54, 1.807) is 7.11 Å². The molecule has 0 radical (unpaired) electrons. The van der Waals surface area contributed by atoms with Crippen LogP contribution in [0.1, 0.15) is 55.2 Å². The Balaban J connectivity index is 1.62. The fourth-order valence-electron chi connectivity index (χ4n) is 5.26. The summed E-state index contributed by atoms with van der Waals surface area (Å²) < 4.78 is 5.34. The first-order valence-corrected chi connectivity index (χ1v) is 12.9. The minimum atomic E-state index is -0.130. The number of aromatic nitrogens is 1. The van der Waals surface area contributed by atoms with Crippen LogP contribution in [-0.4, -0.2) is 34.7 Å². The minimum absolute atomic E-state index is 0.0880. The summed E-state index contributed by atoms with van der Waals surface area (Å²) >= 11 is 13.0. The molecule has 1 aromatic heterocycles. The average Bonchev–Trinajstić information content (AvgIpc) is 3.18. The van der Waals surface area contributed by atoms with E-state index in [1.807, 2.05) is 36.5 Å². The van der Waals surface area contributed by atoms with Crippen LogP contribution in [0.5, 0.6) is 5.75 Å². The number of nitrogens with one attached hydrogen (secondary N) is 1. The average molecular weight is 519 g/mol. The maximum Gasteiger partial charge on any atom is 0.170 e. The van der Waals surface area contributed by atoms with Crippen molar-refractivity contribution >= 4 is 40.2 Å². The molecule has 3 heterocycles. The maximum atomic E-state index is 7.07. The van der Waals surface area contributed by atoms with E-state index in [2.05, 4.69) is 78.3 Å². The zero-order valence-electron chi connectivity index (χ0n) is 21.2. The molecule has 2 aliphatic heterocycles. The molecule has 0 saturated carbocycles. The summed E-state index contributed by atoms with van der Waals surface area (Å²) in [7, 11) is 3.80. The predicted octanol–water partition coefficient (Wildman–Crippen LogP) is 6.55. The first-order chi connectivity index (χ1) is 17.2. The third kappa shape index (κ3) is 4.33. The largest absolute Gasteiger partial charge is 0.497 e. The van der Waals surface area contributed by atoms with Crippen LogP contribution in [0.15, 0.2) is 66.9 Å². The molecular formula is C29H31ClN4OS. The van der Waals surface area contributed by atoms with Crippen LogP contribution < -0.4 is 15.0 Å². The van der Waals surface area contributed by atoms with Gasteiger partial charge in [-0.2, -0.15) is 0 Å². The van der Waals surface area contributed by atoms with Gasteiger partial charge in [-0.3, -0.25) is 4.98 Å². The third-order valence-corrected chi connectivity index (χ3v) is 8.04. The van der Waals surface area contributed by atoms with Gasteiger partial charge in [0.05, 0.1) is 30.4 Å². The number of methoxy groups -OCH3 is 1. The number of fused-ring (bicyclic) bond motifs is 1. The zero-order chi connectivity index (χ0) is 25.6. The summed E-state index contributed by atoms with van der Waals surface area (Å²) in [5.41, 5.74) is 6.59. The van der Waals surface area contributed by atoms with Gasteiger partial charge in [-0.1, -0.05) is 35.9 Å². The molecule has 1 saturated heterocycles. The van der Waals surface area contributed by atoms with Crippen molar-refractivity contribution in [2.45, 2.75) is 44.9 Å². The van der Waals surface area contributed by atoms with Crippen LogP contribution in [0.25, 0.3) is 5.57 Å². The van der Waals surface area contributed by atoms with Crippen LogP contribution in [0.2, 0.25) is 5.02 Å².